The first-order valence-electron chi connectivity index (χ1n) is 9.81. The molecule has 10 heteroatoms. The number of hydrogen-bond donors (Lipinski definition) is 2. The molecule has 9 nitrogen and oxygen atoms in total. The molecule has 2 N–H and O–H groups in total. The largest absolute Gasteiger partial charge is 0.371 e. The quantitative estimate of drug-likeness (QED) is 0.515. The van der Waals surface area contributed by atoms with Crippen LogP contribution in [0.25, 0.3) is 0 Å². The molecule has 0 bridgehead atoms. The zero-order valence-corrected chi connectivity index (χ0v) is 17.0. The number of non-ortho nitro benzene ring substituents is 1. The van der Waals surface area contributed by atoms with E-state index in [1.54, 1.807) is 18.2 Å². The minimum atomic E-state index is -3.66. The van der Waals surface area contributed by atoms with Crippen LogP contribution in [-0.2, 0) is 10.0 Å². The molecule has 4 rings (SSSR count). The van der Waals surface area contributed by atoms with Gasteiger partial charge in [0.25, 0.3) is 11.6 Å². The lowest BCUT2D eigenvalue weighted by atomic mass is 10.1. The fourth-order valence-corrected chi connectivity index (χ4v) is 4.83. The van der Waals surface area contributed by atoms with Crippen LogP contribution in [0.1, 0.15) is 36.0 Å². The number of amides is 1. The minimum absolute atomic E-state index is 0.0267. The average molecular weight is 430 g/mol. The number of sulfonamides is 1. The third-order valence-corrected chi connectivity index (χ3v) is 6.70. The van der Waals surface area contributed by atoms with Gasteiger partial charge in [-0.1, -0.05) is 6.07 Å². The monoisotopic (exact) mass is 430 g/mol. The molecule has 2 aromatic carbocycles. The maximum absolute atomic E-state index is 13.0. The summed E-state index contributed by atoms with van der Waals surface area (Å²) in [5.74, 6) is -0.523. The van der Waals surface area contributed by atoms with Crippen LogP contribution in [0.2, 0.25) is 0 Å². The molecule has 1 saturated heterocycles. The van der Waals surface area contributed by atoms with Crippen LogP contribution in [-0.4, -0.2) is 38.4 Å². The lowest BCUT2D eigenvalue weighted by Crippen LogP contribution is -2.26. The van der Waals surface area contributed by atoms with Crippen LogP contribution >= 0.6 is 0 Å². The van der Waals surface area contributed by atoms with E-state index in [0.29, 0.717) is 11.4 Å². The Kier molecular flexibility index (Phi) is 5.44. The van der Waals surface area contributed by atoms with E-state index in [2.05, 4.69) is 10.0 Å². The Morgan fingerprint density at radius 3 is 2.50 bits per heavy atom. The first kappa shape index (κ1) is 20.3. The Morgan fingerprint density at radius 2 is 1.83 bits per heavy atom. The number of benzene rings is 2. The third-order valence-electron chi connectivity index (χ3n) is 5.18. The van der Waals surface area contributed by atoms with Gasteiger partial charge in [-0.25, -0.2) is 13.1 Å². The summed E-state index contributed by atoms with van der Waals surface area (Å²) >= 11 is 0. The van der Waals surface area contributed by atoms with Gasteiger partial charge in [-0.2, -0.15) is 0 Å². The number of nitrogens with zero attached hydrogens (tertiary/aromatic N) is 2. The van der Waals surface area contributed by atoms with Crippen molar-refractivity contribution in [2.24, 2.45) is 0 Å². The summed E-state index contributed by atoms with van der Waals surface area (Å²) in [4.78, 5) is 25.7. The van der Waals surface area contributed by atoms with E-state index in [1.165, 1.54) is 24.3 Å². The first-order valence-corrected chi connectivity index (χ1v) is 11.3. The molecule has 30 heavy (non-hydrogen) atoms. The Morgan fingerprint density at radius 1 is 1.10 bits per heavy atom. The van der Waals surface area contributed by atoms with Gasteiger partial charge < -0.3 is 10.2 Å². The van der Waals surface area contributed by atoms with Crippen molar-refractivity contribution < 1.29 is 18.1 Å². The molecule has 1 heterocycles. The second-order valence-electron chi connectivity index (χ2n) is 7.53. The molecular weight excluding hydrogens is 408 g/mol. The highest BCUT2D eigenvalue weighted by Crippen LogP contribution is 2.29. The van der Waals surface area contributed by atoms with Crippen molar-refractivity contribution in [3.05, 3.63) is 58.1 Å². The number of nitrogens with one attached hydrogen (secondary N) is 2. The second kappa shape index (κ2) is 8.04. The summed E-state index contributed by atoms with van der Waals surface area (Å²) in [7, 11) is -3.66. The predicted molar refractivity (Wildman–Crippen MR) is 112 cm³/mol. The number of rotatable bonds is 7. The Balaban J connectivity index is 1.61. The molecule has 0 radical (unpaired) electrons. The van der Waals surface area contributed by atoms with E-state index in [1.807, 2.05) is 4.90 Å². The van der Waals surface area contributed by atoms with Crippen molar-refractivity contribution in [2.45, 2.75) is 36.6 Å². The van der Waals surface area contributed by atoms with Crippen LogP contribution in [0, 0.1) is 10.1 Å². The summed E-state index contributed by atoms with van der Waals surface area (Å²) < 4.78 is 27.5. The molecular formula is C20H22N4O5S. The summed E-state index contributed by atoms with van der Waals surface area (Å²) in [6, 6.07) is 10.2. The van der Waals surface area contributed by atoms with E-state index in [4.69, 9.17) is 0 Å². The molecule has 158 valence electrons. The van der Waals surface area contributed by atoms with E-state index in [9.17, 15) is 23.3 Å². The fraction of sp³-hybridized carbons (Fsp3) is 0.350. The van der Waals surface area contributed by atoms with Gasteiger partial charge in [-0.05, 0) is 49.9 Å². The van der Waals surface area contributed by atoms with Gasteiger partial charge in [-0.3, -0.25) is 14.9 Å². The smallest absolute Gasteiger partial charge is 0.270 e. The van der Waals surface area contributed by atoms with Crippen molar-refractivity contribution in [1.82, 2.24) is 4.72 Å². The van der Waals surface area contributed by atoms with E-state index in [0.717, 1.165) is 38.8 Å². The number of carbonyl (C=O) groups is 1. The lowest BCUT2D eigenvalue weighted by Gasteiger charge is -2.21. The van der Waals surface area contributed by atoms with Crippen LogP contribution in [0.5, 0.6) is 0 Å². The Labute approximate surface area is 174 Å². The first-order chi connectivity index (χ1) is 14.3. The van der Waals surface area contributed by atoms with Crippen molar-refractivity contribution in [1.29, 1.82) is 0 Å². The molecule has 1 saturated carbocycles. The standard InChI is InChI=1S/C20H22N4O5S/c25-20(18-13-16(24(26)27)8-9-19(18)23-10-1-2-11-23)21-15-4-3-5-17(12-15)30(28,29)22-14-6-7-14/h3-5,8-9,12-14,22H,1-2,6-7,10-11H2,(H,21,25). The molecule has 2 aliphatic rings. The summed E-state index contributed by atoms with van der Waals surface area (Å²) in [5.41, 5.74) is 0.954. The minimum Gasteiger partial charge on any atom is -0.371 e. The Hall–Kier alpha value is -2.98. The SMILES string of the molecule is O=C(Nc1cccc(S(=O)(=O)NC2CC2)c1)c1cc([N+](=O)[O-])ccc1N1CCCC1. The predicted octanol–water partition coefficient (Wildman–Crippen LogP) is 2.89. The molecule has 0 spiro atoms. The van der Waals surface area contributed by atoms with Crippen LogP contribution in [0.3, 0.4) is 0 Å². The van der Waals surface area contributed by atoms with Crippen molar-refractivity contribution in [3.63, 3.8) is 0 Å². The maximum Gasteiger partial charge on any atom is 0.270 e. The van der Waals surface area contributed by atoms with E-state index >= 15 is 0 Å². The molecule has 0 aromatic heterocycles. The van der Waals surface area contributed by atoms with E-state index in [-0.39, 0.29) is 22.2 Å². The second-order valence-corrected chi connectivity index (χ2v) is 9.24. The summed E-state index contributed by atoms with van der Waals surface area (Å²) in [6.07, 6.45) is 3.63. The number of nitro groups is 1. The highest BCUT2D eigenvalue weighted by molar-refractivity contribution is 7.89. The highest BCUT2D eigenvalue weighted by Gasteiger charge is 2.28. The van der Waals surface area contributed by atoms with Crippen molar-refractivity contribution in [3.8, 4) is 0 Å². The van der Waals surface area contributed by atoms with Crippen LogP contribution in [0.15, 0.2) is 47.4 Å². The number of nitro benzene ring substituents is 1. The topological polar surface area (TPSA) is 122 Å². The number of carbonyl (C=O) groups excluding carboxylic acids is 1. The zero-order chi connectivity index (χ0) is 21.3. The number of hydrogen-bond acceptors (Lipinski definition) is 6. The van der Waals surface area contributed by atoms with Gasteiger partial charge >= 0.3 is 0 Å². The normalized spacial score (nSPS) is 16.5. The fourth-order valence-electron chi connectivity index (χ4n) is 3.48. The molecule has 2 fully saturated rings. The Bertz CT molecular complexity index is 1090. The van der Waals surface area contributed by atoms with Gasteiger partial charge in [0, 0.05) is 37.0 Å². The van der Waals surface area contributed by atoms with Crippen molar-refractivity contribution in [2.75, 3.05) is 23.3 Å². The van der Waals surface area contributed by atoms with E-state index < -0.39 is 20.9 Å². The summed E-state index contributed by atoms with van der Waals surface area (Å²) in [6.45, 7) is 1.55. The molecule has 1 aliphatic carbocycles. The van der Waals surface area contributed by atoms with Crippen LogP contribution in [0.4, 0.5) is 17.1 Å². The molecule has 0 atom stereocenters. The van der Waals surface area contributed by atoms with Gasteiger partial charge in [0.2, 0.25) is 10.0 Å². The average Bonchev–Trinajstić information content (AvgIpc) is 3.35. The van der Waals surface area contributed by atoms with Gasteiger partial charge in [0.05, 0.1) is 21.1 Å². The maximum atomic E-state index is 13.0. The molecule has 2 aromatic rings. The van der Waals surface area contributed by atoms with Gasteiger partial charge in [0.1, 0.15) is 0 Å². The molecule has 1 amide bonds. The van der Waals surface area contributed by atoms with Gasteiger partial charge in [0.15, 0.2) is 0 Å². The lowest BCUT2D eigenvalue weighted by molar-refractivity contribution is -0.384. The van der Waals surface area contributed by atoms with Crippen LogP contribution < -0.4 is 14.9 Å². The van der Waals surface area contributed by atoms with Crippen molar-refractivity contribution >= 4 is 33.0 Å². The molecule has 1 aliphatic heterocycles. The van der Waals surface area contributed by atoms with Gasteiger partial charge in [-0.15, -0.1) is 0 Å². The summed E-state index contributed by atoms with van der Waals surface area (Å²) in [5, 5.41) is 13.9. The zero-order valence-electron chi connectivity index (χ0n) is 16.2. The third kappa shape index (κ3) is 4.44. The highest BCUT2D eigenvalue weighted by atomic mass is 32.2. The number of anilines is 2. The molecule has 0 unspecified atom stereocenters.